The molecule has 4 rings (SSSR count). The molecule has 158 valence electrons. The summed E-state index contributed by atoms with van der Waals surface area (Å²) in [5.74, 6) is -0.856. The van der Waals surface area contributed by atoms with Gasteiger partial charge in [0.2, 0.25) is 0 Å². The van der Waals surface area contributed by atoms with Crippen LogP contribution in [0.1, 0.15) is 36.9 Å². The summed E-state index contributed by atoms with van der Waals surface area (Å²) in [6.45, 7) is 2.49. The number of methoxy groups -OCH3 is 1. The number of rotatable bonds is 6. The molecule has 5 nitrogen and oxygen atoms in total. The van der Waals surface area contributed by atoms with Crippen LogP contribution in [0.3, 0.4) is 0 Å². The van der Waals surface area contributed by atoms with Crippen molar-refractivity contribution in [1.82, 2.24) is 4.90 Å². The fourth-order valence-electron chi connectivity index (χ4n) is 4.18. The van der Waals surface area contributed by atoms with E-state index in [9.17, 15) is 14.7 Å². The highest BCUT2D eigenvalue weighted by Gasteiger charge is 2.46. The number of fused-ring (bicyclic) bond motifs is 1. The number of amides is 1. The van der Waals surface area contributed by atoms with Gasteiger partial charge in [0, 0.05) is 12.1 Å². The first kappa shape index (κ1) is 20.7. The van der Waals surface area contributed by atoms with E-state index in [0.717, 1.165) is 29.2 Å². The Labute approximate surface area is 181 Å². The summed E-state index contributed by atoms with van der Waals surface area (Å²) in [7, 11) is 1.54. The van der Waals surface area contributed by atoms with E-state index in [2.05, 4.69) is 0 Å². The minimum atomic E-state index is -0.658. The van der Waals surface area contributed by atoms with Crippen molar-refractivity contribution in [3.05, 3.63) is 83.4 Å². The summed E-state index contributed by atoms with van der Waals surface area (Å²) < 4.78 is 5.26. The van der Waals surface area contributed by atoms with Crippen molar-refractivity contribution in [3.63, 3.8) is 0 Å². The maximum Gasteiger partial charge on any atom is 0.295 e. The van der Waals surface area contributed by atoms with Crippen molar-refractivity contribution in [2.75, 3.05) is 13.7 Å². The summed E-state index contributed by atoms with van der Waals surface area (Å²) in [5, 5.41) is 13.2. The van der Waals surface area contributed by atoms with E-state index in [1.54, 1.807) is 36.3 Å². The zero-order valence-electron chi connectivity index (χ0n) is 17.7. The van der Waals surface area contributed by atoms with Gasteiger partial charge in [-0.2, -0.15) is 0 Å². The normalized spacial score (nSPS) is 18.0. The van der Waals surface area contributed by atoms with Crippen LogP contribution in [0, 0.1) is 0 Å². The van der Waals surface area contributed by atoms with Crippen LogP contribution < -0.4 is 4.74 Å². The number of carbonyl (C=O) groups excluding carboxylic acids is 2. The highest BCUT2D eigenvalue weighted by Crippen LogP contribution is 2.42. The number of ketones is 1. The topological polar surface area (TPSA) is 66.8 Å². The molecule has 1 aliphatic rings. The largest absolute Gasteiger partial charge is 0.507 e. The summed E-state index contributed by atoms with van der Waals surface area (Å²) in [6.07, 6.45) is 1.66. The van der Waals surface area contributed by atoms with E-state index >= 15 is 0 Å². The smallest absolute Gasteiger partial charge is 0.295 e. The van der Waals surface area contributed by atoms with Crippen LogP contribution in [0.5, 0.6) is 5.75 Å². The van der Waals surface area contributed by atoms with Crippen molar-refractivity contribution in [3.8, 4) is 5.75 Å². The number of Topliss-reactive ketones (excluding diaryl/α,β-unsaturated/α-hetero) is 1. The lowest BCUT2D eigenvalue weighted by Gasteiger charge is -2.26. The quantitative estimate of drug-likeness (QED) is 0.347. The van der Waals surface area contributed by atoms with Gasteiger partial charge in [-0.1, -0.05) is 67.9 Å². The lowest BCUT2D eigenvalue weighted by molar-refractivity contribution is -0.139. The average Bonchev–Trinajstić information content (AvgIpc) is 3.06. The highest BCUT2D eigenvalue weighted by molar-refractivity contribution is 6.46. The van der Waals surface area contributed by atoms with Gasteiger partial charge in [0.15, 0.2) is 0 Å². The van der Waals surface area contributed by atoms with Gasteiger partial charge in [-0.25, -0.2) is 0 Å². The van der Waals surface area contributed by atoms with E-state index in [0.29, 0.717) is 17.9 Å². The van der Waals surface area contributed by atoms with E-state index in [-0.39, 0.29) is 11.3 Å². The molecule has 0 radical (unpaired) electrons. The van der Waals surface area contributed by atoms with Crippen molar-refractivity contribution < 1.29 is 19.4 Å². The second-order valence-corrected chi connectivity index (χ2v) is 7.65. The number of likely N-dealkylation sites (tertiary alicyclic amines) is 1. The molecule has 0 saturated carbocycles. The first-order valence-electron chi connectivity index (χ1n) is 10.5. The van der Waals surface area contributed by atoms with E-state index in [1.165, 1.54) is 0 Å². The number of hydrogen-bond donors (Lipinski definition) is 1. The number of hydrogen-bond acceptors (Lipinski definition) is 4. The number of carbonyl (C=O) groups is 2. The Morgan fingerprint density at radius 3 is 2.55 bits per heavy atom. The van der Waals surface area contributed by atoms with Crippen molar-refractivity contribution in [2.45, 2.75) is 25.8 Å². The van der Waals surface area contributed by atoms with Crippen LogP contribution in [0.2, 0.25) is 0 Å². The molecule has 0 aromatic heterocycles. The Bertz CT molecular complexity index is 1180. The van der Waals surface area contributed by atoms with Crippen LogP contribution >= 0.6 is 0 Å². The number of ether oxygens (including phenoxy) is 1. The Morgan fingerprint density at radius 2 is 1.77 bits per heavy atom. The summed E-state index contributed by atoms with van der Waals surface area (Å²) in [6, 6.07) is 19.9. The molecule has 1 atom stereocenters. The molecular weight excluding hydrogens is 390 g/mol. The molecule has 3 aromatic carbocycles. The highest BCUT2D eigenvalue weighted by atomic mass is 16.5. The SMILES string of the molecule is CCCCN1C(=O)C(=O)/C(=C(\O)c2cccc(OC)c2)C1c1cccc2ccccc12. The summed E-state index contributed by atoms with van der Waals surface area (Å²) in [5.41, 5.74) is 1.39. The fourth-order valence-corrected chi connectivity index (χ4v) is 4.18. The number of unbranched alkanes of at least 4 members (excludes halogenated alkanes) is 1. The lowest BCUT2D eigenvalue weighted by atomic mass is 9.91. The Morgan fingerprint density at radius 1 is 1.03 bits per heavy atom. The molecule has 1 fully saturated rings. The zero-order valence-corrected chi connectivity index (χ0v) is 17.7. The van der Waals surface area contributed by atoms with Gasteiger partial charge in [-0.15, -0.1) is 0 Å². The molecule has 1 unspecified atom stereocenters. The average molecular weight is 415 g/mol. The molecule has 0 bridgehead atoms. The van der Waals surface area contributed by atoms with Gasteiger partial charge in [-0.3, -0.25) is 9.59 Å². The monoisotopic (exact) mass is 415 g/mol. The first-order valence-corrected chi connectivity index (χ1v) is 10.5. The van der Waals surface area contributed by atoms with Crippen molar-refractivity contribution in [1.29, 1.82) is 0 Å². The molecule has 1 N–H and O–H groups in total. The second kappa shape index (κ2) is 8.64. The van der Waals surface area contributed by atoms with Gasteiger partial charge in [0.25, 0.3) is 11.7 Å². The van der Waals surface area contributed by atoms with Crippen LogP contribution in [-0.2, 0) is 9.59 Å². The molecular formula is C26H25NO4. The molecule has 0 spiro atoms. The zero-order chi connectivity index (χ0) is 22.0. The number of aliphatic hydroxyl groups is 1. The number of nitrogens with zero attached hydrogens (tertiary/aromatic N) is 1. The summed E-state index contributed by atoms with van der Waals surface area (Å²) in [4.78, 5) is 27.7. The van der Waals surface area contributed by atoms with Crippen LogP contribution in [-0.4, -0.2) is 35.4 Å². The molecule has 1 saturated heterocycles. The fraction of sp³-hybridized carbons (Fsp3) is 0.231. The summed E-state index contributed by atoms with van der Waals surface area (Å²) >= 11 is 0. The van der Waals surface area contributed by atoms with Gasteiger partial charge in [-0.05, 0) is 34.9 Å². The van der Waals surface area contributed by atoms with Crippen molar-refractivity contribution >= 4 is 28.2 Å². The number of aliphatic hydroxyl groups excluding tert-OH is 1. The maximum absolute atomic E-state index is 13.1. The maximum atomic E-state index is 13.1. The Kier molecular flexibility index (Phi) is 5.76. The van der Waals surface area contributed by atoms with Gasteiger partial charge in [0.05, 0.1) is 18.7 Å². The molecule has 5 heteroatoms. The van der Waals surface area contributed by atoms with Gasteiger partial charge >= 0.3 is 0 Å². The minimum absolute atomic E-state index is 0.116. The van der Waals surface area contributed by atoms with Crippen LogP contribution in [0.25, 0.3) is 16.5 Å². The third-order valence-electron chi connectivity index (χ3n) is 5.75. The molecule has 0 aliphatic carbocycles. The molecule has 3 aromatic rings. The molecule has 1 amide bonds. The predicted molar refractivity (Wildman–Crippen MR) is 121 cm³/mol. The van der Waals surface area contributed by atoms with E-state index in [4.69, 9.17) is 4.74 Å². The predicted octanol–water partition coefficient (Wildman–Crippen LogP) is 5.07. The molecule has 31 heavy (non-hydrogen) atoms. The minimum Gasteiger partial charge on any atom is -0.507 e. The third-order valence-corrected chi connectivity index (χ3v) is 5.75. The van der Waals surface area contributed by atoms with Gasteiger partial charge in [0.1, 0.15) is 11.5 Å². The van der Waals surface area contributed by atoms with Crippen LogP contribution in [0.15, 0.2) is 72.3 Å². The second-order valence-electron chi connectivity index (χ2n) is 7.65. The van der Waals surface area contributed by atoms with E-state index in [1.807, 2.05) is 49.4 Å². The van der Waals surface area contributed by atoms with Crippen molar-refractivity contribution in [2.24, 2.45) is 0 Å². The number of benzene rings is 3. The third kappa shape index (κ3) is 3.67. The van der Waals surface area contributed by atoms with Crippen LogP contribution in [0.4, 0.5) is 0 Å². The molecule has 1 heterocycles. The lowest BCUT2D eigenvalue weighted by Crippen LogP contribution is -2.30. The Balaban J connectivity index is 1.95. The van der Waals surface area contributed by atoms with Gasteiger partial charge < -0.3 is 14.7 Å². The standard InChI is InChI=1S/C26H25NO4/c1-3-4-15-27-23(21-14-8-10-17-9-5-6-13-20(17)21)22(25(29)26(27)30)24(28)18-11-7-12-19(16-18)31-2/h5-14,16,23,28H,3-4,15H2,1-2H3/b24-22-. The molecule has 1 aliphatic heterocycles. The van der Waals surface area contributed by atoms with E-state index < -0.39 is 17.7 Å². The Hall–Kier alpha value is -3.60. The first-order chi connectivity index (χ1) is 15.1.